The molecule has 1 aliphatic carbocycles. The number of rotatable bonds is 6. The smallest absolute Gasteiger partial charge is 0.475 e. The Kier molecular flexibility index (Phi) is 8.24. The molecule has 32 heavy (non-hydrogen) atoms. The first-order chi connectivity index (χ1) is 15.2. The van der Waals surface area contributed by atoms with Crippen LogP contribution in [0.5, 0.6) is 0 Å². The second-order valence-corrected chi connectivity index (χ2v) is 8.07. The number of aliphatic carboxylic acids is 1. The second kappa shape index (κ2) is 10.9. The minimum absolute atomic E-state index is 0.100. The third-order valence-corrected chi connectivity index (χ3v) is 5.87. The summed E-state index contributed by atoms with van der Waals surface area (Å²) in [5.41, 5.74) is 0. The third kappa shape index (κ3) is 6.76. The molecule has 2 N–H and O–H groups in total. The average Bonchev–Trinajstić information content (AvgIpc) is 3.49. The van der Waals surface area contributed by atoms with E-state index in [4.69, 9.17) is 19.4 Å². The highest BCUT2D eigenvalue weighted by atomic mass is 19.4. The summed E-state index contributed by atoms with van der Waals surface area (Å²) in [4.78, 5) is 31.6. The maximum Gasteiger partial charge on any atom is 0.490 e. The van der Waals surface area contributed by atoms with E-state index < -0.39 is 12.1 Å². The predicted molar refractivity (Wildman–Crippen MR) is 106 cm³/mol. The monoisotopic (exact) mass is 460 g/mol. The van der Waals surface area contributed by atoms with E-state index in [-0.39, 0.29) is 24.7 Å². The Balaban J connectivity index is 0.000000360. The summed E-state index contributed by atoms with van der Waals surface area (Å²) in [5, 5.41) is 10.4. The number of alkyl halides is 3. The quantitative estimate of drug-likeness (QED) is 0.662. The highest BCUT2D eigenvalue weighted by molar-refractivity contribution is 5.78. The molecular formula is C20H27F3N4O5. The molecule has 0 bridgehead atoms. The molecule has 0 spiro atoms. The summed E-state index contributed by atoms with van der Waals surface area (Å²) in [6, 6.07) is 1.80. The van der Waals surface area contributed by atoms with Gasteiger partial charge >= 0.3 is 12.1 Å². The van der Waals surface area contributed by atoms with E-state index >= 15 is 0 Å². The van der Waals surface area contributed by atoms with Crippen LogP contribution in [0.25, 0.3) is 0 Å². The van der Waals surface area contributed by atoms with E-state index in [0.717, 1.165) is 32.5 Å². The van der Waals surface area contributed by atoms with Gasteiger partial charge in [-0.15, -0.1) is 0 Å². The molecule has 1 aromatic rings. The van der Waals surface area contributed by atoms with Crippen LogP contribution in [0.1, 0.15) is 25.7 Å². The third-order valence-electron chi connectivity index (χ3n) is 5.87. The molecule has 1 saturated carbocycles. The normalized spacial score (nSPS) is 25.2. The zero-order valence-corrected chi connectivity index (χ0v) is 17.5. The average molecular weight is 460 g/mol. The molecule has 3 aliphatic rings. The van der Waals surface area contributed by atoms with Crippen molar-refractivity contribution in [2.75, 3.05) is 38.2 Å². The Bertz CT molecular complexity index is 761. The van der Waals surface area contributed by atoms with E-state index in [9.17, 15) is 18.0 Å². The van der Waals surface area contributed by atoms with Gasteiger partial charge in [-0.2, -0.15) is 13.2 Å². The number of fused-ring (bicyclic) bond motifs is 1. The standard InChI is InChI=1S/C18H26N4O3.C2HF3O2/c23-17(12-24-14-4-1-2-5-14)22-9-15-13(11-25-16(15)10-22)8-21-18-19-6-3-7-20-18;3-2(4,5)1(6)7/h3,6-7,13-16H,1-2,4-5,8-12H2,(H,19,20,21);(H,6,7)/t13-,15+,16+;/m0./s1. The van der Waals surface area contributed by atoms with E-state index in [2.05, 4.69) is 15.3 Å². The lowest BCUT2D eigenvalue weighted by atomic mass is 9.93. The number of carbonyl (C=O) groups excluding carboxylic acids is 1. The van der Waals surface area contributed by atoms with Crippen molar-refractivity contribution in [2.45, 2.75) is 44.1 Å². The molecule has 1 aromatic heterocycles. The van der Waals surface area contributed by atoms with Crippen molar-refractivity contribution in [3.05, 3.63) is 18.5 Å². The van der Waals surface area contributed by atoms with Gasteiger partial charge in [-0.3, -0.25) is 4.79 Å². The molecule has 9 nitrogen and oxygen atoms in total. The van der Waals surface area contributed by atoms with E-state index in [1.807, 2.05) is 4.90 Å². The van der Waals surface area contributed by atoms with Crippen molar-refractivity contribution in [1.82, 2.24) is 14.9 Å². The van der Waals surface area contributed by atoms with Crippen molar-refractivity contribution >= 4 is 17.8 Å². The van der Waals surface area contributed by atoms with Crippen molar-refractivity contribution in [3.63, 3.8) is 0 Å². The first-order valence-electron chi connectivity index (χ1n) is 10.6. The van der Waals surface area contributed by atoms with Gasteiger partial charge in [-0.1, -0.05) is 12.8 Å². The number of ether oxygens (including phenoxy) is 2. The summed E-state index contributed by atoms with van der Waals surface area (Å²) < 4.78 is 43.4. The van der Waals surface area contributed by atoms with Gasteiger partial charge < -0.3 is 24.8 Å². The number of nitrogens with one attached hydrogen (secondary N) is 1. The molecule has 2 aliphatic heterocycles. The lowest BCUT2D eigenvalue weighted by Gasteiger charge is -2.21. The highest BCUT2D eigenvalue weighted by Crippen LogP contribution is 2.34. The number of nitrogens with zero attached hydrogens (tertiary/aromatic N) is 3. The molecule has 1 amide bonds. The van der Waals surface area contributed by atoms with Gasteiger partial charge in [0.15, 0.2) is 0 Å². The molecule has 0 aromatic carbocycles. The van der Waals surface area contributed by atoms with Crippen LogP contribution in [0, 0.1) is 11.8 Å². The van der Waals surface area contributed by atoms with Crippen molar-refractivity contribution in [3.8, 4) is 0 Å². The molecule has 178 valence electrons. The summed E-state index contributed by atoms with van der Waals surface area (Å²) in [6.45, 7) is 3.17. The number of anilines is 1. The van der Waals surface area contributed by atoms with Gasteiger partial charge in [-0.25, -0.2) is 14.8 Å². The predicted octanol–water partition coefficient (Wildman–Crippen LogP) is 1.95. The fourth-order valence-electron chi connectivity index (χ4n) is 4.16. The van der Waals surface area contributed by atoms with Gasteiger partial charge in [0.25, 0.3) is 0 Å². The summed E-state index contributed by atoms with van der Waals surface area (Å²) in [6.07, 6.45) is 3.44. The second-order valence-electron chi connectivity index (χ2n) is 8.07. The van der Waals surface area contributed by atoms with Crippen molar-refractivity contribution in [1.29, 1.82) is 0 Å². The largest absolute Gasteiger partial charge is 0.490 e. The number of amides is 1. The molecule has 3 fully saturated rings. The topological polar surface area (TPSA) is 114 Å². The Morgan fingerprint density at radius 2 is 1.88 bits per heavy atom. The lowest BCUT2D eigenvalue weighted by molar-refractivity contribution is -0.192. The molecular weight excluding hydrogens is 433 g/mol. The fraction of sp³-hybridized carbons (Fsp3) is 0.700. The summed E-state index contributed by atoms with van der Waals surface area (Å²) in [5.74, 6) is -1.26. The van der Waals surface area contributed by atoms with Crippen LogP contribution in [-0.4, -0.2) is 83.1 Å². The molecule has 2 saturated heterocycles. The molecule has 12 heteroatoms. The van der Waals surface area contributed by atoms with Crippen LogP contribution in [0.15, 0.2) is 18.5 Å². The van der Waals surface area contributed by atoms with Gasteiger partial charge in [0.1, 0.15) is 6.61 Å². The highest BCUT2D eigenvalue weighted by Gasteiger charge is 2.45. The van der Waals surface area contributed by atoms with Crippen LogP contribution in [0.2, 0.25) is 0 Å². The zero-order chi connectivity index (χ0) is 23.1. The number of carboxylic acid groups (broad SMARTS) is 1. The first-order valence-corrected chi connectivity index (χ1v) is 10.6. The Labute approximate surface area is 183 Å². The van der Waals surface area contributed by atoms with Crippen LogP contribution in [-0.2, 0) is 19.1 Å². The summed E-state index contributed by atoms with van der Waals surface area (Å²) >= 11 is 0. The van der Waals surface area contributed by atoms with E-state index in [1.165, 1.54) is 12.8 Å². The fourth-order valence-corrected chi connectivity index (χ4v) is 4.16. The van der Waals surface area contributed by atoms with Gasteiger partial charge in [0.2, 0.25) is 11.9 Å². The maximum atomic E-state index is 12.4. The van der Waals surface area contributed by atoms with Crippen LogP contribution >= 0.6 is 0 Å². The number of carboxylic acids is 1. The Hall–Kier alpha value is -2.47. The number of hydrogen-bond donors (Lipinski definition) is 2. The Morgan fingerprint density at radius 1 is 1.22 bits per heavy atom. The van der Waals surface area contributed by atoms with E-state index in [0.29, 0.717) is 24.3 Å². The number of hydrogen-bond acceptors (Lipinski definition) is 7. The zero-order valence-electron chi connectivity index (χ0n) is 17.5. The van der Waals surface area contributed by atoms with Crippen LogP contribution < -0.4 is 5.32 Å². The van der Waals surface area contributed by atoms with Crippen molar-refractivity contribution < 1.29 is 37.3 Å². The summed E-state index contributed by atoms with van der Waals surface area (Å²) in [7, 11) is 0. The number of aromatic nitrogens is 2. The van der Waals surface area contributed by atoms with E-state index in [1.54, 1.807) is 18.5 Å². The minimum atomic E-state index is -5.08. The van der Waals surface area contributed by atoms with Gasteiger partial charge in [-0.05, 0) is 18.9 Å². The van der Waals surface area contributed by atoms with Gasteiger partial charge in [0, 0.05) is 43.9 Å². The van der Waals surface area contributed by atoms with Crippen LogP contribution in [0.4, 0.5) is 19.1 Å². The van der Waals surface area contributed by atoms with Crippen molar-refractivity contribution in [2.24, 2.45) is 11.8 Å². The first kappa shape index (κ1) is 24.2. The molecule has 0 unspecified atom stereocenters. The van der Waals surface area contributed by atoms with Gasteiger partial charge in [0.05, 0.1) is 18.8 Å². The van der Waals surface area contributed by atoms with Crippen LogP contribution in [0.3, 0.4) is 0 Å². The molecule has 0 radical (unpaired) electrons. The molecule has 4 rings (SSSR count). The molecule has 3 atom stereocenters. The maximum absolute atomic E-state index is 12.4. The molecule has 3 heterocycles. The SMILES string of the molecule is O=C(COC1CCCC1)N1C[C@@H]2[C@@H](CNc3ncccn3)CO[C@@H]2C1.O=C(O)C(F)(F)F. The number of likely N-dealkylation sites (tertiary alicyclic amines) is 1. The minimum Gasteiger partial charge on any atom is -0.475 e. The Morgan fingerprint density at radius 3 is 2.50 bits per heavy atom. The number of carbonyl (C=O) groups is 2. The number of halogens is 3. The lowest BCUT2D eigenvalue weighted by Crippen LogP contribution is -2.35.